The van der Waals surface area contributed by atoms with Crippen molar-refractivity contribution in [1.82, 2.24) is 13.9 Å². The lowest BCUT2D eigenvalue weighted by Gasteiger charge is -2.25. The van der Waals surface area contributed by atoms with Crippen LogP contribution in [0.1, 0.15) is 24.8 Å². The monoisotopic (exact) mass is 305 g/mol. The third-order valence-electron chi connectivity index (χ3n) is 3.80. The SMILES string of the molecule is O=S(=O)(c1ccc(Cn2ccnc2)cc1)N1CCCCC1. The highest BCUT2D eigenvalue weighted by Crippen LogP contribution is 2.21. The number of nitrogens with zero attached hydrogens (tertiary/aromatic N) is 3. The van der Waals surface area contributed by atoms with Gasteiger partial charge in [-0.2, -0.15) is 4.31 Å². The average molecular weight is 305 g/mol. The van der Waals surface area contributed by atoms with E-state index in [1.165, 1.54) is 0 Å². The van der Waals surface area contributed by atoms with Gasteiger partial charge in [0.1, 0.15) is 0 Å². The number of hydrogen-bond donors (Lipinski definition) is 0. The summed E-state index contributed by atoms with van der Waals surface area (Å²) in [6, 6.07) is 7.15. The van der Waals surface area contributed by atoms with E-state index < -0.39 is 10.0 Å². The quantitative estimate of drug-likeness (QED) is 0.869. The molecular weight excluding hydrogens is 286 g/mol. The summed E-state index contributed by atoms with van der Waals surface area (Å²) in [6.45, 7) is 1.97. The largest absolute Gasteiger partial charge is 0.333 e. The first kappa shape index (κ1) is 14.3. The van der Waals surface area contributed by atoms with Gasteiger partial charge in [-0.1, -0.05) is 18.6 Å². The molecule has 3 rings (SSSR count). The summed E-state index contributed by atoms with van der Waals surface area (Å²) in [5.41, 5.74) is 1.06. The van der Waals surface area contributed by atoms with Crippen LogP contribution in [0.4, 0.5) is 0 Å². The predicted octanol–water partition coefficient (Wildman–Crippen LogP) is 2.11. The third kappa shape index (κ3) is 3.16. The number of piperidine rings is 1. The molecule has 0 unspecified atom stereocenters. The van der Waals surface area contributed by atoms with E-state index in [4.69, 9.17) is 0 Å². The third-order valence-corrected chi connectivity index (χ3v) is 5.71. The van der Waals surface area contributed by atoms with Crippen molar-refractivity contribution >= 4 is 10.0 Å². The molecule has 0 radical (unpaired) electrons. The molecule has 0 amide bonds. The molecule has 1 saturated heterocycles. The van der Waals surface area contributed by atoms with E-state index in [0.717, 1.165) is 24.8 Å². The Labute approximate surface area is 125 Å². The molecule has 1 fully saturated rings. The van der Waals surface area contributed by atoms with Crippen molar-refractivity contribution in [2.75, 3.05) is 13.1 Å². The van der Waals surface area contributed by atoms with E-state index in [0.29, 0.717) is 24.5 Å². The van der Waals surface area contributed by atoms with E-state index in [-0.39, 0.29) is 0 Å². The van der Waals surface area contributed by atoms with Gasteiger partial charge in [-0.15, -0.1) is 0 Å². The van der Waals surface area contributed by atoms with Crippen LogP contribution in [0.2, 0.25) is 0 Å². The molecule has 0 atom stereocenters. The van der Waals surface area contributed by atoms with Gasteiger partial charge in [0.05, 0.1) is 11.2 Å². The second kappa shape index (κ2) is 5.99. The lowest BCUT2D eigenvalue weighted by molar-refractivity contribution is 0.346. The van der Waals surface area contributed by atoms with Gasteiger partial charge in [-0.25, -0.2) is 13.4 Å². The second-order valence-corrected chi connectivity index (χ2v) is 7.28. The zero-order valence-electron chi connectivity index (χ0n) is 11.9. The first-order chi connectivity index (χ1) is 10.2. The first-order valence-electron chi connectivity index (χ1n) is 7.21. The molecule has 2 heterocycles. The van der Waals surface area contributed by atoms with E-state index in [2.05, 4.69) is 4.98 Å². The Morgan fingerprint density at radius 1 is 1.05 bits per heavy atom. The molecule has 0 N–H and O–H groups in total. The minimum absolute atomic E-state index is 0.388. The highest BCUT2D eigenvalue weighted by molar-refractivity contribution is 7.89. The standard InChI is InChI=1S/C15H19N3O2S/c19-21(20,18-9-2-1-3-10-18)15-6-4-14(5-7-15)12-17-11-8-16-13-17/h4-8,11,13H,1-3,9-10,12H2. The van der Waals surface area contributed by atoms with E-state index in [1.807, 2.05) is 22.9 Å². The first-order valence-corrected chi connectivity index (χ1v) is 8.65. The number of benzene rings is 1. The fourth-order valence-corrected chi connectivity index (χ4v) is 4.13. The summed E-state index contributed by atoms with van der Waals surface area (Å²) < 4.78 is 28.6. The highest BCUT2D eigenvalue weighted by atomic mass is 32.2. The van der Waals surface area contributed by atoms with E-state index in [9.17, 15) is 8.42 Å². The number of rotatable bonds is 4. The molecule has 0 spiro atoms. The molecule has 5 nitrogen and oxygen atoms in total. The molecule has 1 aliphatic heterocycles. The maximum atomic E-state index is 12.5. The Balaban J connectivity index is 1.76. The van der Waals surface area contributed by atoms with Gasteiger partial charge in [0.15, 0.2) is 0 Å². The van der Waals surface area contributed by atoms with Gasteiger partial charge < -0.3 is 4.57 Å². The summed E-state index contributed by atoms with van der Waals surface area (Å²) in [5, 5.41) is 0. The van der Waals surface area contributed by atoms with E-state index in [1.54, 1.807) is 29.0 Å². The fraction of sp³-hybridized carbons (Fsp3) is 0.400. The van der Waals surface area contributed by atoms with Crippen molar-refractivity contribution in [2.24, 2.45) is 0 Å². The van der Waals surface area contributed by atoms with Crippen molar-refractivity contribution in [3.8, 4) is 0 Å². The maximum Gasteiger partial charge on any atom is 0.243 e. The van der Waals surface area contributed by atoms with Gasteiger partial charge in [-0.05, 0) is 30.5 Å². The van der Waals surface area contributed by atoms with E-state index >= 15 is 0 Å². The molecule has 21 heavy (non-hydrogen) atoms. The zero-order chi connectivity index (χ0) is 14.7. The minimum Gasteiger partial charge on any atom is -0.333 e. The van der Waals surface area contributed by atoms with Crippen molar-refractivity contribution in [1.29, 1.82) is 0 Å². The topological polar surface area (TPSA) is 55.2 Å². The van der Waals surface area contributed by atoms with Gasteiger partial charge in [-0.3, -0.25) is 0 Å². The van der Waals surface area contributed by atoms with Crippen LogP contribution in [-0.4, -0.2) is 35.4 Å². The van der Waals surface area contributed by atoms with Crippen LogP contribution in [0.15, 0.2) is 47.9 Å². The molecule has 0 aliphatic carbocycles. The Hall–Kier alpha value is -1.66. The summed E-state index contributed by atoms with van der Waals surface area (Å²) in [5.74, 6) is 0. The van der Waals surface area contributed by atoms with Crippen molar-refractivity contribution in [2.45, 2.75) is 30.7 Å². The van der Waals surface area contributed by atoms with Crippen LogP contribution < -0.4 is 0 Å². The summed E-state index contributed by atoms with van der Waals surface area (Å²) in [4.78, 5) is 4.38. The second-order valence-electron chi connectivity index (χ2n) is 5.34. The fourth-order valence-electron chi connectivity index (χ4n) is 2.61. The Morgan fingerprint density at radius 2 is 1.76 bits per heavy atom. The molecule has 112 valence electrons. The van der Waals surface area contributed by atoms with Crippen LogP contribution in [0.3, 0.4) is 0 Å². The Kier molecular flexibility index (Phi) is 4.07. The average Bonchev–Trinajstić information content (AvgIpc) is 3.02. The molecule has 2 aromatic rings. The summed E-state index contributed by atoms with van der Waals surface area (Å²) >= 11 is 0. The summed E-state index contributed by atoms with van der Waals surface area (Å²) in [7, 11) is -3.33. The maximum absolute atomic E-state index is 12.5. The molecular formula is C15H19N3O2S. The van der Waals surface area contributed by atoms with Crippen LogP contribution in [0, 0.1) is 0 Å². The van der Waals surface area contributed by atoms with Gasteiger partial charge >= 0.3 is 0 Å². The van der Waals surface area contributed by atoms with Crippen LogP contribution >= 0.6 is 0 Å². The van der Waals surface area contributed by atoms with Gasteiger partial charge in [0.25, 0.3) is 0 Å². The van der Waals surface area contributed by atoms with Gasteiger partial charge in [0.2, 0.25) is 10.0 Å². The predicted molar refractivity (Wildman–Crippen MR) is 80.4 cm³/mol. The number of hydrogen-bond acceptors (Lipinski definition) is 3. The van der Waals surface area contributed by atoms with Crippen molar-refractivity contribution in [3.63, 3.8) is 0 Å². The molecule has 1 aromatic heterocycles. The summed E-state index contributed by atoms with van der Waals surface area (Å²) in [6.07, 6.45) is 8.40. The highest BCUT2D eigenvalue weighted by Gasteiger charge is 2.25. The minimum atomic E-state index is -3.33. The smallest absolute Gasteiger partial charge is 0.243 e. The molecule has 0 saturated carbocycles. The molecule has 0 bridgehead atoms. The number of sulfonamides is 1. The zero-order valence-corrected chi connectivity index (χ0v) is 12.7. The van der Waals surface area contributed by atoms with Crippen molar-refractivity contribution in [3.05, 3.63) is 48.5 Å². The van der Waals surface area contributed by atoms with Gasteiger partial charge in [0, 0.05) is 32.0 Å². The number of aromatic nitrogens is 2. The van der Waals surface area contributed by atoms with Crippen molar-refractivity contribution < 1.29 is 8.42 Å². The lowest BCUT2D eigenvalue weighted by atomic mass is 10.2. The number of imidazole rings is 1. The normalized spacial score (nSPS) is 17.0. The molecule has 1 aliphatic rings. The molecule has 1 aromatic carbocycles. The Bertz CT molecular complexity index is 672. The van der Waals surface area contributed by atoms with Crippen LogP contribution in [-0.2, 0) is 16.6 Å². The lowest BCUT2D eigenvalue weighted by Crippen LogP contribution is -2.35. The molecule has 6 heteroatoms. The Morgan fingerprint density at radius 3 is 2.38 bits per heavy atom. The van der Waals surface area contributed by atoms with Crippen LogP contribution in [0.25, 0.3) is 0 Å². The van der Waals surface area contributed by atoms with Crippen LogP contribution in [0.5, 0.6) is 0 Å².